The first-order valence-electron chi connectivity index (χ1n) is 13.2. The lowest BCUT2D eigenvalue weighted by Crippen LogP contribution is -2.34. The maximum absolute atomic E-state index is 13.2. The molecule has 0 bridgehead atoms. The Morgan fingerprint density at radius 3 is 2.03 bits per heavy atom. The number of ketones is 1. The van der Waals surface area contributed by atoms with Gasteiger partial charge in [0.2, 0.25) is 0 Å². The molecule has 1 heterocycles. The van der Waals surface area contributed by atoms with Crippen LogP contribution in [0.1, 0.15) is 75.6 Å². The van der Waals surface area contributed by atoms with Crippen molar-refractivity contribution < 1.29 is 14.7 Å². The SMILES string of the molecule is CCCCN(CCCC)CCCN1C(=O)C(=O)/C(=C(/O)c2ccccc2)C1c1ccc(CC)cc1. The minimum atomic E-state index is -0.607. The number of aliphatic hydroxyl groups excluding tert-OH is 1. The van der Waals surface area contributed by atoms with E-state index in [-0.39, 0.29) is 11.3 Å². The maximum atomic E-state index is 13.2. The number of aliphatic hydroxyl groups is 1. The number of aryl methyl sites for hydroxylation is 1. The van der Waals surface area contributed by atoms with Crippen LogP contribution in [0.3, 0.4) is 0 Å². The highest BCUT2D eigenvalue weighted by Crippen LogP contribution is 2.39. The summed E-state index contributed by atoms with van der Waals surface area (Å²) in [6.07, 6.45) is 6.34. The number of amides is 1. The molecule has 0 radical (unpaired) electrons. The molecule has 1 aliphatic rings. The molecule has 2 aromatic carbocycles. The van der Waals surface area contributed by atoms with Gasteiger partial charge in [0, 0.05) is 12.1 Å². The minimum absolute atomic E-state index is 0.108. The number of likely N-dealkylation sites (tertiary alicyclic amines) is 1. The molecule has 1 aliphatic heterocycles. The summed E-state index contributed by atoms with van der Waals surface area (Å²) in [5.74, 6) is -1.24. The molecular formula is C30H40N2O3. The summed E-state index contributed by atoms with van der Waals surface area (Å²) in [6, 6.07) is 16.5. The number of carbonyl (C=O) groups excluding carboxylic acids is 2. The third-order valence-electron chi connectivity index (χ3n) is 6.82. The Balaban J connectivity index is 1.89. The van der Waals surface area contributed by atoms with Crippen molar-refractivity contribution in [3.63, 3.8) is 0 Å². The van der Waals surface area contributed by atoms with Crippen LogP contribution in [0, 0.1) is 0 Å². The van der Waals surface area contributed by atoms with Crippen molar-refractivity contribution in [2.45, 2.75) is 65.3 Å². The van der Waals surface area contributed by atoms with Crippen molar-refractivity contribution in [3.8, 4) is 0 Å². The second kappa shape index (κ2) is 13.2. The molecule has 2 aromatic rings. The molecule has 5 nitrogen and oxygen atoms in total. The van der Waals surface area contributed by atoms with E-state index in [2.05, 4.69) is 25.7 Å². The van der Waals surface area contributed by atoms with Crippen LogP contribution in [0.4, 0.5) is 0 Å². The highest BCUT2D eigenvalue weighted by molar-refractivity contribution is 6.46. The standard InChI is InChI=1S/C30H40N2O3/c1-4-7-19-31(20-8-5-2)21-12-22-32-27(24-17-15-23(6-3)16-18-24)26(29(34)30(32)35)28(33)25-13-10-9-11-14-25/h9-11,13-18,27,33H,4-8,12,19-22H2,1-3H3/b28-26+. The summed E-state index contributed by atoms with van der Waals surface area (Å²) in [4.78, 5) is 30.5. The van der Waals surface area contributed by atoms with Gasteiger partial charge in [0.05, 0.1) is 11.6 Å². The van der Waals surface area contributed by atoms with E-state index in [1.165, 1.54) is 5.56 Å². The molecule has 188 valence electrons. The fourth-order valence-corrected chi connectivity index (χ4v) is 4.71. The molecule has 1 N–H and O–H groups in total. The lowest BCUT2D eigenvalue weighted by atomic mass is 9.94. The first-order chi connectivity index (χ1) is 17.0. The van der Waals surface area contributed by atoms with E-state index in [0.29, 0.717) is 12.1 Å². The van der Waals surface area contributed by atoms with Crippen LogP contribution in [-0.2, 0) is 16.0 Å². The molecule has 1 fully saturated rings. The van der Waals surface area contributed by atoms with Crippen molar-refractivity contribution in [2.24, 2.45) is 0 Å². The normalized spacial score (nSPS) is 17.5. The summed E-state index contributed by atoms with van der Waals surface area (Å²) in [5, 5.41) is 11.1. The van der Waals surface area contributed by atoms with E-state index in [4.69, 9.17) is 0 Å². The Hall–Kier alpha value is -2.92. The molecule has 3 rings (SSSR count). The van der Waals surface area contributed by atoms with Gasteiger partial charge < -0.3 is 14.9 Å². The zero-order chi connectivity index (χ0) is 25.2. The quantitative estimate of drug-likeness (QED) is 0.220. The second-order valence-corrected chi connectivity index (χ2v) is 9.36. The number of Topliss-reactive ketones (excluding diaryl/α,β-unsaturated/α-hetero) is 1. The van der Waals surface area contributed by atoms with Crippen LogP contribution in [-0.4, -0.2) is 52.8 Å². The van der Waals surface area contributed by atoms with Gasteiger partial charge in [-0.1, -0.05) is 88.2 Å². The Kier molecular flexibility index (Phi) is 10.1. The second-order valence-electron chi connectivity index (χ2n) is 9.36. The van der Waals surface area contributed by atoms with Crippen LogP contribution < -0.4 is 0 Å². The molecule has 1 amide bonds. The lowest BCUT2D eigenvalue weighted by molar-refractivity contribution is -0.140. The van der Waals surface area contributed by atoms with Gasteiger partial charge in [-0.3, -0.25) is 9.59 Å². The number of nitrogens with zero attached hydrogens (tertiary/aromatic N) is 2. The first-order valence-corrected chi connectivity index (χ1v) is 13.2. The molecule has 0 aromatic heterocycles. The average Bonchev–Trinajstić information content (AvgIpc) is 3.15. The predicted octanol–water partition coefficient (Wildman–Crippen LogP) is 5.96. The third kappa shape index (κ3) is 6.61. The molecular weight excluding hydrogens is 436 g/mol. The molecule has 1 saturated heterocycles. The van der Waals surface area contributed by atoms with Gasteiger partial charge in [-0.15, -0.1) is 0 Å². The van der Waals surface area contributed by atoms with Crippen LogP contribution in [0.25, 0.3) is 5.76 Å². The van der Waals surface area contributed by atoms with Gasteiger partial charge in [0.1, 0.15) is 5.76 Å². The average molecular weight is 477 g/mol. The third-order valence-corrected chi connectivity index (χ3v) is 6.82. The summed E-state index contributed by atoms with van der Waals surface area (Å²) in [5.41, 5.74) is 2.77. The van der Waals surface area contributed by atoms with E-state index in [0.717, 1.165) is 63.7 Å². The Bertz CT molecular complexity index is 990. The summed E-state index contributed by atoms with van der Waals surface area (Å²) >= 11 is 0. The van der Waals surface area contributed by atoms with E-state index in [1.807, 2.05) is 42.5 Å². The largest absolute Gasteiger partial charge is 0.507 e. The number of rotatable bonds is 13. The number of unbranched alkanes of at least 4 members (excludes halogenated alkanes) is 2. The predicted molar refractivity (Wildman–Crippen MR) is 142 cm³/mol. The molecule has 1 unspecified atom stereocenters. The first kappa shape index (κ1) is 26.7. The molecule has 0 spiro atoms. The van der Waals surface area contributed by atoms with Crippen LogP contribution in [0.5, 0.6) is 0 Å². The van der Waals surface area contributed by atoms with Crippen molar-refractivity contribution in [3.05, 3.63) is 76.9 Å². The fourth-order valence-electron chi connectivity index (χ4n) is 4.71. The smallest absolute Gasteiger partial charge is 0.295 e. The zero-order valence-corrected chi connectivity index (χ0v) is 21.5. The van der Waals surface area contributed by atoms with Crippen molar-refractivity contribution >= 4 is 17.4 Å². The van der Waals surface area contributed by atoms with E-state index in [9.17, 15) is 14.7 Å². The van der Waals surface area contributed by atoms with Gasteiger partial charge in [-0.05, 0) is 56.4 Å². The maximum Gasteiger partial charge on any atom is 0.295 e. The Labute approximate surface area is 210 Å². The van der Waals surface area contributed by atoms with Crippen molar-refractivity contribution in [2.75, 3.05) is 26.2 Å². The molecule has 35 heavy (non-hydrogen) atoms. The molecule has 5 heteroatoms. The van der Waals surface area contributed by atoms with Gasteiger partial charge in [0.15, 0.2) is 0 Å². The van der Waals surface area contributed by atoms with Crippen molar-refractivity contribution in [1.82, 2.24) is 9.80 Å². The summed E-state index contributed by atoms with van der Waals surface area (Å²) in [7, 11) is 0. The highest BCUT2D eigenvalue weighted by atomic mass is 16.3. The number of hydrogen-bond donors (Lipinski definition) is 1. The van der Waals surface area contributed by atoms with Crippen LogP contribution in [0.15, 0.2) is 60.2 Å². The molecule has 0 saturated carbocycles. The minimum Gasteiger partial charge on any atom is -0.507 e. The summed E-state index contributed by atoms with van der Waals surface area (Å²) < 4.78 is 0. The Morgan fingerprint density at radius 2 is 1.46 bits per heavy atom. The van der Waals surface area contributed by atoms with E-state index >= 15 is 0 Å². The van der Waals surface area contributed by atoms with E-state index in [1.54, 1.807) is 17.0 Å². The van der Waals surface area contributed by atoms with Crippen LogP contribution in [0.2, 0.25) is 0 Å². The van der Waals surface area contributed by atoms with Gasteiger partial charge >= 0.3 is 0 Å². The highest BCUT2D eigenvalue weighted by Gasteiger charge is 2.45. The molecule has 1 atom stereocenters. The zero-order valence-electron chi connectivity index (χ0n) is 21.5. The van der Waals surface area contributed by atoms with Gasteiger partial charge in [-0.2, -0.15) is 0 Å². The number of benzene rings is 2. The van der Waals surface area contributed by atoms with Crippen LogP contribution >= 0.6 is 0 Å². The fraction of sp³-hybridized carbons (Fsp3) is 0.467. The Morgan fingerprint density at radius 1 is 0.857 bits per heavy atom. The summed E-state index contributed by atoms with van der Waals surface area (Å²) in [6.45, 7) is 9.99. The topological polar surface area (TPSA) is 60.9 Å². The van der Waals surface area contributed by atoms with E-state index < -0.39 is 17.7 Å². The number of hydrogen-bond acceptors (Lipinski definition) is 4. The van der Waals surface area contributed by atoms with Gasteiger partial charge in [0.25, 0.3) is 11.7 Å². The number of carbonyl (C=O) groups is 2. The van der Waals surface area contributed by atoms with Crippen molar-refractivity contribution in [1.29, 1.82) is 0 Å². The monoisotopic (exact) mass is 476 g/mol. The van der Waals surface area contributed by atoms with Gasteiger partial charge in [-0.25, -0.2) is 0 Å². The lowest BCUT2D eigenvalue weighted by Gasteiger charge is -2.27. The molecule has 0 aliphatic carbocycles.